The summed E-state index contributed by atoms with van der Waals surface area (Å²) in [7, 11) is 0. The first-order valence-electron chi connectivity index (χ1n) is 14.7. The van der Waals surface area contributed by atoms with Crippen LogP contribution >= 0.6 is 0 Å². The van der Waals surface area contributed by atoms with Crippen LogP contribution in [0.15, 0.2) is 72.8 Å². The molecule has 0 aliphatic carbocycles. The van der Waals surface area contributed by atoms with E-state index < -0.39 is 23.7 Å². The van der Waals surface area contributed by atoms with Crippen LogP contribution < -0.4 is 18.9 Å². The Hall–Kier alpha value is -2.55. The van der Waals surface area contributed by atoms with Crippen LogP contribution in [0.2, 0.25) is 0 Å². The maximum atomic E-state index is 12.5. The molecular weight excluding hydrogens is 658 g/mol. The minimum Gasteiger partial charge on any atom is -0.376 e. The molecule has 4 aromatic carbocycles. The summed E-state index contributed by atoms with van der Waals surface area (Å²) < 4.78 is 70.1. The molecule has 0 heterocycles. The second-order valence-corrected chi connectivity index (χ2v) is 11.8. The number of ketones is 1. The topological polar surface area (TPSA) is 37.3 Å². The van der Waals surface area contributed by atoms with Crippen molar-refractivity contribution >= 4 is 28.8 Å². The molecule has 266 valence electrons. The third-order valence-corrected chi connectivity index (χ3v) is 6.26. The fourth-order valence-electron chi connectivity index (χ4n) is 4.12. The van der Waals surface area contributed by atoms with Crippen molar-refractivity contribution in [2.75, 3.05) is 0 Å². The molecule has 0 aliphatic rings. The molecule has 0 fully saturated rings. The first-order chi connectivity index (χ1) is 21.3. The smallest absolute Gasteiger partial charge is 0.376 e. The molecule has 50 heavy (non-hydrogen) atoms. The van der Waals surface area contributed by atoms with E-state index in [1.165, 1.54) is 51.1 Å². The van der Waals surface area contributed by atoms with Gasteiger partial charge in [0.2, 0.25) is 5.78 Å². The Morgan fingerprint density at radius 3 is 0.900 bits per heavy atom. The van der Waals surface area contributed by atoms with Gasteiger partial charge in [-0.05, 0) is 47.1 Å². The van der Waals surface area contributed by atoms with E-state index in [1.54, 1.807) is 19.9 Å². The minimum absolute atomic E-state index is 0. The molecule has 0 aliphatic heterocycles. The van der Waals surface area contributed by atoms with Crippen LogP contribution in [0.5, 0.6) is 0 Å². The van der Waals surface area contributed by atoms with E-state index in [0.717, 1.165) is 6.92 Å². The molecular formula is C40H49F6LiMgO2. The Kier molecular flexibility index (Phi) is 26.7. The molecule has 0 aromatic heterocycles. The molecule has 0 saturated heterocycles. The number of rotatable bonds is 1. The van der Waals surface area contributed by atoms with Gasteiger partial charge in [0.1, 0.15) is 0 Å². The van der Waals surface area contributed by atoms with Crippen molar-refractivity contribution in [1.82, 2.24) is 0 Å². The van der Waals surface area contributed by atoms with Gasteiger partial charge < -0.3 is 12.5 Å². The third-order valence-electron chi connectivity index (χ3n) is 6.26. The van der Waals surface area contributed by atoms with Gasteiger partial charge >= 0.3 is 54.3 Å². The number of carbonyl (C=O) groups is 1. The molecule has 10 heteroatoms. The van der Waals surface area contributed by atoms with Crippen LogP contribution in [0.1, 0.15) is 69.5 Å². The van der Waals surface area contributed by atoms with E-state index in [0.29, 0.717) is 18.1 Å². The Bertz CT molecular complexity index is 1420. The molecule has 4 rings (SSSR count). The van der Waals surface area contributed by atoms with Gasteiger partial charge in [-0.3, -0.25) is 4.79 Å². The van der Waals surface area contributed by atoms with Gasteiger partial charge in [-0.25, -0.2) is 0 Å². The van der Waals surface area contributed by atoms with Crippen molar-refractivity contribution in [1.29, 1.82) is 0 Å². The molecule has 1 N–H and O–H groups in total. The maximum Gasteiger partial charge on any atom is 2.00 e. The van der Waals surface area contributed by atoms with Crippen LogP contribution in [-0.2, 0) is 10.4 Å². The summed E-state index contributed by atoms with van der Waals surface area (Å²) in [4.78, 5) is 9.34. The second-order valence-electron chi connectivity index (χ2n) is 11.8. The molecule has 1 atom stereocenters. The fraction of sp³-hybridized carbons (Fsp3) is 0.350. The van der Waals surface area contributed by atoms with Crippen molar-refractivity contribution < 1.29 is 55.1 Å². The van der Waals surface area contributed by atoms with Crippen molar-refractivity contribution in [3.8, 4) is 0 Å². The van der Waals surface area contributed by atoms with E-state index in [4.69, 9.17) is 0 Å². The van der Waals surface area contributed by atoms with Crippen LogP contribution in [0.25, 0.3) is 0 Å². The predicted octanol–water partition coefficient (Wildman–Crippen LogP) is 8.10. The van der Waals surface area contributed by atoms with E-state index in [1.807, 2.05) is 24.3 Å². The summed E-state index contributed by atoms with van der Waals surface area (Å²) in [6.45, 7) is 19.3. The van der Waals surface area contributed by atoms with Crippen molar-refractivity contribution in [3.05, 3.63) is 148 Å². The Morgan fingerprint density at radius 1 is 0.540 bits per heavy atom. The number of alkyl halides is 6. The zero-order valence-corrected chi connectivity index (χ0v) is 33.2. The first-order valence-corrected chi connectivity index (χ1v) is 14.7. The van der Waals surface area contributed by atoms with E-state index in [-0.39, 0.29) is 54.9 Å². The maximum absolute atomic E-state index is 12.5. The van der Waals surface area contributed by atoms with Crippen LogP contribution in [0, 0.1) is 81.9 Å². The third kappa shape index (κ3) is 23.0. The fourth-order valence-corrected chi connectivity index (χ4v) is 4.12. The summed E-state index contributed by atoms with van der Waals surface area (Å²) in [6.07, 6.45) is -9.30. The first kappa shape index (κ1) is 54.2. The molecule has 0 radical (unpaired) electrons. The van der Waals surface area contributed by atoms with Crippen LogP contribution in [0.3, 0.4) is 0 Å². The summed E-state index contributed by atoms with van der Waals surface area (Å²) in [5.41, 5.74) is 7.69. The average molecular weight is 707 g/mol. The zero-order chi connectivity index (χ0) is 36.8. The van der Waals surface area contributed by atoms with Crippen molar-refractivity contribution in [2.45, 2.75) is 94.1 Å². The number of hydrogen-bond donors (Lipinski definition) is 1. The van der Waals surface area contributed by atoms with Crippen molar-refractivity contribution in [2.24, 2.45) is 0 Å². The average Bonchev–Trinajstić information content (AvgIpc) is 2.87. The second kappa shape index (κ2) is 24.6. The van der Waals surface area contributed by atoms with Gasteiger partial charge in [-0.1, -0.05) is 91.9 Å². The molecule has 1 unspecified atom stereocenters. The SMILES string of the molecule is CC(=O)C(F)(F)F.Cc1c[c-]cc(C)c1.Cc1c[c-]cc(C)c1.Cc1cc(C)cc(C(C)(O)C(F)(F)F)c1.Cc1cc(C)cc(C)c1.[CH3-].[Li+].[Mg+2]. The normalized spacial score (nSPS) is 11.2. The monoisotopic (exact) mass is 706 g/mol. The summed E-state index contributed by atoms with van der Waals surface area (Å²) in [5.74, 6) is -1.76. The summed E-state index contributed by atoms with van der Waals surface area (Å²) >= 11 is 0. The van der Waals surface area contributed by atoms with Gasteiger partial charge in [-0.2, -0.15) is 97.1 Å². The molecule has 0 amide bonds. The standard InChI is InChI=1S/C11H13F3O.C9H12.2C8H9.C3H3F3O.CH3.Li.Mg/c1-7-4-8(2)6-9(5-7)10(3,15)11(12,13)14;1-7-4-8(2)6-9(3)5-7;2*1-7-4-3-5-8(2)6-7;1-2(7)3(4,5)6;;;/h4-6,15H,1-3H3;4-6H,1-3H3;2*4-6H,1-2H3;1H3;1H3;;/q;;2*-1;;-1;+1;+2. The van der Waals surface area contributed by atoms with Crippen LogP contribution in [0.4, 0.5) is 26.3 Å². The Labute approximate surface area is 324 Å². The van der Waals surface area contributed by atoms with Gasteiger partial charge in [0.05, 0.1) is 0 Å². The molecule has 4 aromatic rings. The summed E-state index contributed by atoms with van der Waals surface area (Å²) in [6, 6.07) is 29.3. The molecule has 0 spiro atoms. The van der Waals surface area contributed by atoms with E-state index in [2.05, 4.69) is 90.9 Å². The molecule has 0 bridgehead atoms. The molecule has 2 nitrogen and oxygen atoms in total. The van der Waals surface area contributed by atoms with Gasteiger partial charge in [-0.15, -0.1) is 0 Å². The van der Waals surface area contributed by atoms with E-state index >= 15 is 0 Å². The zero-order valence-electron chi connectivity index (χ0n) is 31.8. The minimum atomic E-state index is -4.66. The number of hydrogen-bond acceptors (Lipinski definition) is 2. The number of Topliss-reactive ketones (excluding diaryl/α,β-unsaturated/α-hetero) is 1. The quantitative estimate of drug-likeness (QED) is 0.123. The van der Waals surface area contributed by atoms with Gasteiger partial charge in [0, 0.05) is 6.92 Å². The van der Waals surface area contributed by atoms with Gasteiger partial charge in [0.15, 0.2) is 5.60 Å². The summed E-state index contributed by atoms with van der Waals surface area (Å²) in [5, 5.41) is 9.45. The largest absolute Gasteiger partial charge is 2.00 e. The number of aryl methyl sites for hydroxylation is 9. The Balaban J connectivity index is -0.000000269. The van der Waals surface area contributed by atoms with Gasteiger partial charge in [0.25, 0.3) is 0 Å². The predicted molar refractivity (Wildman–Crippen MR) is 191 cm³/mol. The van der Waals surface area contributed by atoms with Crippen LogP contribution in [-0.4, -0.2) is 46.3 Å². The number of halogens is 6. The van der Waals surface area contributed by atoms with E-state index in [9.17, 15) is 36.2 Å². The molecule has 0 saturated carbocycles. The Morgan fingerprint density at radius 2 is 0.740 bits per heavy atom. The number of aliphatic hydroxyl groups is 1. The van der Waals surface area contributed by atoms with Crippen molar-refractivity contribution in [3.63, 3.8) is 0 Å². The number of carbonyl (C=O) groups excluding carboxylic acids is 1. The number of benzene rings is 4.